The van der Waals surface area contributed by atoms with Gasteiger partial charge in [-0.05, 0) is 41.0 Å². The molecule has 0 saturated heterocycles. The van der Waals surface area contributed by atoms with E-state index in [1.807, 2.05) is 0 Å². The van der Waals surface area contributed by atoms with E-state index in [9.17, 15) is 31.4 Å². The molecule has 31 heavy (non-hydrogen) atoms. The van der Waals surface area contributed by atoms with Gasteiger partial charge >= 0.3 is 12.5 Å². The number of nitrogens with zero attached hydrogens (tertiary/aromatic N) is 4. The average molecular weight is 446 g/mol. The van der Waals surface area contributed by atoms with Gasteiger partial charge in [-0.2, -0.15) is 18.0 Å². The van der Waals surface area contributed by atoms with E-state index >= 15 is 0 Å². The lowest BCUT2D eigenvalue weighted by atomic mass is 9.80. The number of hydrogen-bond donors (Lipinski definition) is 1. The third-order valence-corrected chi connectivity index (χ3v) is 4.64. The fourth-order valence-corrected chi connectivity index (χ4v) is 3.19. The first kappa shape index (κ1) is 22.5. The molecule has 0 radical (unpaired) electrons. The Morgan fingerprint density at radius 1 is 0.935 bits per heavy atom. The molecule has 0 bridgehead atoms. The summed E-state index contributed by atoms with van der Waals surface area (Å²) in [5.74, 6) is -0.495. The van der Waals surface area contributed by atoms with Crippen LogP contribution in [0.25, 0.3) is 0 Å². The topological polar surface area (TPSA) is 73.1 Å². The SMILES string of the molecule is CC(n1ncnn1)C(O)(c1ccc(CC(F)(F)F)cc1)c1ccc(OC(F)(F)F)cc1. The molecule has 0 saturated carbocycles. The number of tetrazole rings is 1. The number of ether oxygens (including phenoxy) is 1. The van der Waals surface area contributed by atoms with Crippen molar-refractivity contribution in [2.45, 2.75) is 37.5 Å². The number of aliphatic hydroxyl groups is 1. The summed E-state index contributed by atoms with van der Waals surface area (Å²) in [6.45, 7) is 1.53. The molecule has 1 heterocycles. The summed E-state index contributed by atoms with van der Waals surface area (Å²) in [5.41, 5.74) is -1.59. The van der Waals surface area contributed by atoms with Gasteiger partial charge in [0.2, 0.25) is 0 Å². The van der Waals surface area contributed by atoms with E-state index in [1.165, 1.54) is 43.3 Å². The van der Waals surface area contributed by atoms with E-state index < -0.39 is 36.4 Å². The van der Waals surface area contributed by atoms with E-state index in [0.29, 0.717) is 0 Å². The fourth-order valence-electron chi connectivity index (χ4n) is 3.19. The smallest absolute Gasteiger partial charge is 0.406 e. The summed E-state index contributed by atoms with van der Waals surface area (Å²) in [4.78, 5) is 1.09. The maximum atomic E-state index is 12.6. The Hall–Kier alpha value is -3.15. The molecule has 2 aromatic carbocycles. The highest BCUT2D eigenvalue weighted by molar-refractivity contribution is 5.41. The molecule has 1 aromatic heterocycles. The minimum atomic E-state index is -4.88. The van der Waals surface area contributed by atoms with Crippen molar-refractivity contribution in [2.24, 2.45) is 0 Å². The maximum Gasteiger partial charge on any atom is 0.573 e. The van der Waals surface area contributed by atoms with Gasteiger partial charge in [-0.15, -0.1) is 23.4 Å². The second-order valence-electron chi connectivity index (χ2n) is 6.76. The Bertz CT molecular complexity index is 927. The van der Waals surface area contributed by atoms with Crippen LogP contribution in [0.2, 0.25) is 0 Å². The van der Waals surface area contributed by atoms with Crippen molar-refractivity contribution in [3.05, 3.63) is 71.5 Å². The summed E-state index contributed by atoms with van der Waals surface area (Å²) in [5, 5.41) is 22.8. The van der Waals surface area contributed by atoms with Crippen molar-refractivity contribution in [3.63, 3.8) is 0 Å². The van der Waals surface area contributed by atoms with Crippen LogP contribution in [0, 0.1) is 0 Å². The van der Waals surface area contributed by atoms with Crippen LogP contribution in [0.3, 0.4) is 0 Å². The van der Waals surface area contributed by atoms with E-state index in [0.717, 1.165) is 23.3 Å². The summed E-state index contributed by atoms with van der Waals surface area (Å²) >= 11 is 0. The summed E-state index contributed by atoms with van der Waals surface area (Å²) in [7, 11) is 0. The first-order valence-electron chi connectivity index (χ1n) is 8.86. The van der Waals surface area contributed by atoms with Gasteiger partial charge in [0.25, 0.3) is 0 Å². The van der Waals surface area contributed by atoms with E-state index in [1.54, 1.807) is 0 Å². The molecule has 0 spiro atoms. The Balaban J connectivity index is 2.02. The van der Waals surface area contributed by atoms with E-state index in [4.69, 9.17) is 0 Å². The second-order valence-corrected chi connectivity index (χ2v) is 6.76. The molecule has 12 heteroatoms. The molecule has 1 N–H and O–H groups in total. The number of benzene rings is 2. The van der Waals surface area contributed by atoms with Crippen LogP contribution in [0.4, 0.5) is 26.3 Å². The number of aromatic nitrogens is 4. The van der Waals surface area contributed by atoms with Gasteiger partial charge in [0.05, 0.1) is 6.42 Å². The number of rotatable bonds is 6. The third-order valence-electron chi connectivity index (χ3n) is 4.64. The molecule has 3 aromatic rings. The van der Waals surface area contributed by atoms with Crippen LogP contribution in [-0.2, 0) is 12.0 Å². The maximum absolute atomic E-state index is 12.6. The normalized spacial score (nSPS) is 15.4. The predicted octanol–water partition coefficient (Wildman–Crippen LogP) is 4.17. The molecule has 0 fully saturated rings. The molecule has 166 valence electrons. The zero-order chi connectivity index (χ0) is 22.9. The van der Waals surface area contributed by atoms with Crippen LogP contribution in [0.5, 0.6) is 5.75 Å². The molecular weight excluding hydrogens is 430 g/mol. The molecule has 2 unspecified atom stereocenters. The van der Waals surface area contributed by atoms with Crippen molar-refractivity contribution in [1.29, 1.82) is 0 Å². The third kappa shape index (κ3) is 5.32. The van der Waals surface area contributed by atoms with Gasteiger partial charge in [0, 0.05) is 0 Å². The highest BCUT2D eigenvalue weighted by Crippen LogP contribution is 2.40. The Morgan fingerprint density at radius 3 is 1.94 bits per heavy atom. The van der Waals surface area contributed by atoms with Crippen molar-refractivity contribution in [2.75, 3.05) is 0 Å². The zero-order valence-corrected chi connectivity index (χ0v) is 15.9. The summed E-state index contributed by atoms with van der Waals surface area (Å²) in [6.07, 6.45) is -9.30. The lowest BCUT2D eigenvalue weighted by molar-refractivity contribution is -0.274. The number of alkyl halides is 6. The van der Waals surface area contributed by atoms with Crippen molar-refractivity contribution in [1.82, 2.24) is 20.2 Å². The summed E-state index contributed by atoms with van der Waals surface area (Å²) in [6, 6.07) is 8.63. The first-order valence-corrected chi connectivity index (χ1v) is 8.86. The van der Waals surface area contributed by atoms with Gasteiger partial charge in [0.15, 0.2) is 6.33 Å². The standard InChI is InChI=1S/C19H16F6N4O2/c1-12(29-27-11-26-28-29)18(30,14-4-2-13(3-5-14)10-17(20,21)22)15-6-8-16(9-7-15)31-19(23,24)25/h2-9,11-12,30H,10H2,1H3. The number of halogens is 6. The average Bonchev–Trinajstić information content (AvgIpc) is 3.20. The molecule has 0 aliphatic carbocycles. The van der Waals surface area contributed by atoms with Crippen LogP contribution in [-0.4, -0.2) is 37.9 Å². The molecule has 0 amide bonds. The molecular formula is C19H16F6N4O2. The highest BCUT2D eigenvalue weighted by atomic mass is 19.4. The van der Waals surface area contributed by atoms with Gasteiger partial charge in [-0.25, -0.2) is 0 Å². The van der Waals surface area contributed by atoms with Crippen molar-refractivity contribution >= 4 is 0 Å². The molecule has 2 atom stereocenters. The Morgan fingerprint density at radius 2 is 1.48 bits per heavy atom. The highest BCUT2D eigenvalue weighted by Gasteiger charge is 2.41. The minimum Gasteiger partial charge on any atom is -0.406 e. The predicted molar refractivity (Wildman–Crippen MR) is 94.9 cm³/mol. The van der Waals surface area contributed by atoms with Crippen LogP contribution < -0.4 is 4.74 Å². The monoisotopic (exact) mass is 446 g/mol. The van der Waals surface area contributed by atoms with Crippen molar-refractivity contribution in [3.8, 4) is 5.75 Å². The van der Waals surface area contributed by atoms with Gasteiger partial charge in [-0.3, -0.25) is 0 Å². The number of hydrogen-bond acceptors (Lipinski definition) is 5. The molecule has 0 aliphatic heterocycles. The van der Waals surface area contributed by atoms with Gasteiger partial charge < -0.3 is 9.84 Å². The van der Waals surface area contributed by atoms with Gasteiger partial charge in [0.1, 0.15) is 17.4 Å². The van der Waals surface area contributed by atoms with Crippen molar-refractivity contribution < 1.29 is 36.2 Å². The lowest BCUT2D eigenvalue weighted by Gasteiger charge is -2.34. The largest absolute Gasteiger partial charge is 0.573 e. The first-order chi connectivity index (χ1) is 14.4. The van der Waals surface area contributed by atoms with E-state index in [-0.39, 0.29) is 16.7 Å². The van der Waals surface area contributed by atoms with Crippen LogP contribution >= 0.6 is 0 Å². The quantitative estimate of drug-likeness (QED) is 0.576. The molecule has 6 nitrogen and oxygen atoms in total. The van der Waals surface area contributed by atoms with Gasteiger partial charge in [-0.1, -0.05) is 36.4 Å². The molecule has 3 rings (SSSR count). The Labute approximate surface area is 172 Å². The minimum absolute atomic E-state index is 0.0148. The van der Waals surface area contributed by atoms with E-state index in [2.05, 4.69) is 20.1 Å². The molecule has 0 aliphatic rings. The van der Waals surface area contributed by atoms with Crippen LogP contribution in [0.15, 0.2) is 54.9 Å². The fraction of sp³-hybridized carbons (Fsp3) is 0.316. The second kappa shape index (κ2) is 8.17. The lowest BCUT2D eigenvalue weighted by Crippen LogP contribution is -2.37. The van der Waals surface area contributed by atoms with Crippen LogP contribution in [0.1, 0.15) is 29.7 Å². The Kier molecular flexibility index (Phi) is 5.94. The summed E-state index contributed by atoms with van der Waals surface area (Å²) < 4.78 is 79.1. The zero-order valence-electron chi connectivity index (χ0n) is 15.9.